The van der Waals surface area contributed by atoms with E-state index in [1.165, 1.54) is 21.9 Å². The highest BCUT2D eigenvalue weighted by Crippen LogP contribution is 2.36. The van der Waals surface area contributed by atoms with Gasteiger partial charge in [-0.2, -0.15) is 0 Å². The maximum atomic E-state index is 6.19. The third-order valence-electron chi connectivity index (χ3n) is 5.94. The van der Waals surface area contributed by atoms with Crippen molar-refractivity contribution in [2.24, 2.45) is 0 Å². The van der Waals surface area contributed by atoms with Crippen molar-refractivity contribution in [1.82, 2.24) is 0 Å². The first-order chi connectivity index (χ1) is 13.7. The molecular formula is C25H33NO2Si. The SMILES string of the molecule is CNc1ccc(-c2ccc3cc(OCCO[Si](C)(C)C(C)(C)C)ccc3c2)cc1. The molecular weight excluding hydrogens is 374 g/mol. The zero-order valence-corrected chi connectivity index (χ0v) is 19.5. The number of nitrogens with one attached hydrogen (secondary N) is 1. The molecule has 0 fully saturated rings. The van der Waals surface area contributed by atoms with E-state index in [2.05, 4.69) is 93.8 Å². The summed E-state index contributed by atoms with van der Waals surface area (Å²) >= 11 is 0. The van der Waals surface area contributed by atoms with Crippen LogP contribution >= 0.6 is 0 Å². The average Bonchev–Trinajstić information content (AvgIpc) is 2.70. The first-order valence-electron chi connectivity index (χ1n) is 10.3. The molecule has 0 bridgehead atoms. The van der Waals surface area contributed by atoms with Gasteiger partial charge in [-0.1, -0.05) is 51.1 Å². The number of rotatable bonds is 7. The first kappa shape index (κ1) is 21.4. The molecule has 3 aromatic rings. The Morgan fingerprint density at radius 1 is 0.793 bits per heavy atom. The van der Waals surface area contributed by atoms with Gasteiger partial charge in [-0.25, -0.2) is 0 Å². The summed E-state index contributed by atoms with van der Waals surface area (Å²) in [5, 5.41) is 5.78. The lowest BCUT2D eigenvalue weighted by Crippen LogP contribution is -2.41. The fourth-order valence-electron chi connectivity index (χ4n) is 3.00. The molecule has 3 rings (SSSR count). The Hall–Kier alpha value is -2.30. The highest BCUT2D eigenvalue weighted by molar-refractivity contribution is 6.74. The summed E-state index contributed by atoms with van der Waals surface area (Å²) in [6.07, 6.45) is 0. The second-order valence-corrected chi connectivity index (χ2v) is 13.8. The lowest BCUT2D eigenvalue weighted by Gasteiger charge is -2.36. The van der Waals surface area contributed by atoms with Gasteiger partial charge in [0.1, 0.15) is 12.4 Å². The molecule has 0 aromatic heterocycles. The van der Waals surface area contributed by atoms with Gasteiger partial charge in [0.2, 0.25) is 0 Å². The van der Waals surface area contributed by atoms with Gasteiger partial charge in [-0.15, -0.1) is 0 Å². The van der Waals surface area contributed by atoms with Gasteiger partial charge < -0.3 is 14.5 Å². The highest BCUT2D eigenvalue weighted by Gasteiger charge is 2.36. The fraction of sp³-hybridized carbons (Fsp3) is 0.360. The van der Waals surface area contributed by atoms with Crippen LogP contribution in [0.5, 0.6) is 5.75 Å². The molecule has 0 saturated heterocycles. The van der Waals surface area contributed by atoms with Crippen LogP contribution in [0.15, 0.2) is 60.7 Å². The smallest absolute Gasteiger partial charge is 0.192 e. The number of anilines is 1. The molecule has 0 spiro atoms. The average molecular weight is 408 g/mol. The van der Waals surface area contributed by atoms with Gasteiger partial charge in [-0.05, 0) is 70.4 Å². The van der Waals surface area contributed by atoms with E-state index in [1.807, 2.05) is 13.1 Å². The fourth-order valence-corrected chi connectivity index (χ4v) is 4.02. The summed E-state index contributed by atoms with van der Waals surface area (Å²) in [4.78, 5) is 0. The number of hydrogen-bond donors (Lipinski definition) is 1. The Morgan fingerprint density at radius 2 is 1.41 bits per heavy atom. The van der Waals surface area contributed by atoms with E-state index in [-0.39, 0.29) is 5.04 Å². The zero-order chi connectivity index (χ0) is 21.1. The van der Waals surface area contributed by atoms with Crippen LogP contribution in [0.2, 0.25) is 18.1 Å². The molecule has 0 aliphatic rings. The molecule has 1 N–H and O–H groups in total. The molecule has 0 saturated carbocycles. The van der Waals surface area contributed by atoms with Crippen molar-refractivity contribution in [2.75, 3.05) is 25.6 Å². The monoisotopic (exact) mass is 407 g/mol. The Bertz CT molecular complexity index is 959. The van der Waals surface area contributed by atoms with E-state index in [0.717, 1.165) is 11.4 Å². The predicted octanol–water partition coefficient (Wildman–Crippen LogP) is 6.95. The van der Waals surface area contributed by atoms with Crippen molar-refractivity contribution >= 4 is 24.8 Å². The van der Waals surface area contributed by atoms with Crippen molar-refractivity contribution in [1.29, 1.82) is 0 Å². The Kier molecular flexibility index (Phi) is 6.35. The Balaban J connectivity index is 1.64. The number of benzene rings is 3. The van der Waals surface area contributed by atoms with Crippen LogP contribution in [0.1, 0.15) is 20.8 Å². The van der Waals surface area contributed by atoms with Gasteiger partial charge >= 0.3 is 0 Å². The third kappa shape index (κ3) is 5.20. The molecule has 0 aliphatic carbocycles. The van der Waals surface area contributed by atoms with E-state index in [4.69, 9.17) is 9.16 Å². The summed E-state index contributed by atoms with van der Waals surface area (Å²) in [5.74, 6) is 0.891. The minimum atomic E-state index is -1.72. The van der Waals surface area contributed by atoms with Gasteiger partial charge in [0.05, 0.1) is 6.61 Å². The van der Waals surface area contributed by atoms with E-state index in [9.17, 15) is 0 Å². The Labute approximate surface area is 176 Å². The second kappa shape index (κ2) is 8.60. The lowest BCUT2D eigenvalue weighted by atomic mass is 10.0. The van der Waals surface area contributed by atoms with E-state index < -0.39 is 8.32 Å². The van der Waals surface area contributed by atoms with Crippen LogP contribution in [0.25, 0.3) is 21.9 Å². The predicted molar refractivity (Wildman–Crippen MR) is 128 cm³/mol. The molecule has 4 heteroatoms. The molecule has 0 heterocycles. The van der Waals surface area contributed by atoms with E-state index in [0.29, 0.717) is 13.2 Å². The van der Waals surface area contributed by atoms with Crippen molar-refractivity contribution < 1.29 is 9.16 Å². The molecule has 0 amide bonds. The van der Waals surface area contributed by atoms with Crippen LogP contribution in [0, 0.1) is 0 Å². The van der Waals surface area contributed by atoms with Crippen molar-refractivity contribution in [2.45, 2.75) is 38.9 Å². The van der Waals surface area contributed by atoms with E-state index >= 15 is 0 Å². The molecule has 0 atom stereocenters. The summed E-state index contributed by atoms with van der Waals surface area (Å²) < 4.78 is 12.1. The van der Waals surface area contributed by atoms with Crippen LogP contribution in [0.3, 0.4) is 0 Å². The quantitative estimate of drug-likeness (QED) is 0.339. The summed E-state index contributed by atoms with van der Waals surface area (Å²) in [5.41, 5.74) is 3.56. The molecule has 29 heavy (non-hydrogen) atoms. The minimum Gasteiger partial charge on any atom is -0.491 e. The Morgan fingerprint density at radius 3 is 2.07 bits per heavy atom. The van der Waals surface area contributed by atoms with Gasteiger partial charge in [0.25, 0.3) is 0 Å². The topological polar surface area (TPSA) is 30.5 Å². The van der Waals surface area contributed by atoms with Crippen LogP contribution in [-0.4, -0.2) is 28.6 Å². The van der Waals surface area contributed by atoms with Gasteiger partial charge in [0.15, 0.2) is 8.32 Å². The van der Waals surface area contributed by atoms with Crippen molar-refractivity contribution in [3.63, 3.8) is 0 Å². The number of hydrogen-bond acceptors (Lipinski definition) is 3. The summed E-state index contributed by atoms with van der Waals surface area (Å²) in [6.45, 7) is 12.5. The molecule has 3 nitrogen and oxygen atoms in total. The number of fused-ring (bicyclic) bond motifs is 1. The summed E-state index contributed by atoms with van der Waals surface area (Å²) in [7, 11) is 0.219. The molecule has 0 unspecified atom stereocenters. The normalized spacial score (nSPS) is 12.2. The second-order valence-electron chi connectivity index (χ2n) is 9.01. The largest absolute Gasteiger partial charge is 0.491 e. The zero-order valence-electron chi connectivity index (χ0n) is 18.5. The van der Waals surface area contributed by atoms with Gasteiger partial charge in [0, 0.05) is 12.7 Å². The molecule has 0 aliphatic heterocycles. The molecule has 154 valence electrons. The third-order valence-corrected chi connectivity index (χ3v) is 10.5. The lowest BCUT2D eigenvalue weighted by molar-refractivity contribution is 0.203. The molecule has 0 radical (unpaired) electrons. The standard InChI is InChI=1S/C25H33NO2Si/c1-25(2,3)29(5,6)28-16-15-27-24-14-11-21-17-20(7-8-22(21)18-24)19-9-12-23(26-4)13-10-19/h7-14,17-18,26H,15-16H2,1-6H3. The van der Waals surface area contributed by atoms with E-state index in [1.54, 1.807) is 0 Å². The van der Waals surface area contributed by atoms with Crippen LogP contribution in [0.4, 0.5) is 5.69 Å². The van der Waals surface area contributed by atoms with Crippen molar-refractivity contribution in [3.8, 4) is 16.9 Å². The first-order valence-corrected chi connectivity index (χ1v) is 13.2. The van der Waals surface area contributed by atoms with Crippen molar-refractivity contribution in [3.05, 3.63) is 60.7 Å². The minimum absolute atomic E-state index is 0.223. The van der Waals surface area contributed by atoms with Crippen LogP contribution < -0.4 is 10.1 Å². The molecule has 3 aromatic carbocycles. The maximum absolute atomic E-state index is 6.19. The highest BCUT2D eigenvalue weighted by atomic mass is 28.4. The van der Waals surface area contributed by atoms with Gasteiger partial charge in [-0.3, -0.25) is 0 Å². The maximum Gasteiger partial charge on any atom is 0.192 e. The van der Waals surface area contributed by atoms with Crippen LogP contribution in [-0.2, 0) is 4.43 Å². The summed E-state index contributed by atoms with van der Waals surface area (Å²) in [6, 6.07) is 21.3. The number of ether oxygens (including phenoxy) is 1.